The molecule has 1 saturated heterocycles. The Balaban J connectivity index is 2.05. The Morgan fingerprint density at radius 1 is 1.56 bits per heavy atom. The van der Waals surface area contributed by atoms with Crippen LogP contribution in [0.25, 0.3) is 0 Å². The average molecular weight is 320 g/mol. The van der Waals surface area contributed by atoms with Crippen LogP contribution >= 0.6 is 39.0 Å². The number of likely N-dealkylation sites (N-methyl/N-ethyl adjacent to an activating group) is 1. The van der Waals surface area contributed by atoms with Gasteiger partial charge in [0.05, 0.1) is 3.79 Å². The van der Waals surface area contributed by atoms with Crippen LogP contribution in [0.5, 0.6) is 0 Å². The van der Waals surface area contributed by atoms with Gasteiger partial charge in [-0.1, -0.05) is 0 Å². The molecule has 1 aromatic rings. The quantitative estimate of drug-likeness (QED) is 0.902. The van der Waals surface area contributed by atoms with Gasteiger partial charge in [-0.15, -0.1) is 11.3 Å². The van der Waals surface area contributed by atoms with Crippen molar-refractivity contribution in [2.24, 2.45) is 0 Å². The number of halogens is 1. The molecule has 2 unspecified atom stereocenters. The van der Waals surface area contributed by atoms with Crippen molar-refractivity contribution in [3.8, 4) is 0 Å². The largest absolute Gasteiger partial charge is 0.315 e. The van der Waals surface area contributed by atoms with Gasteiger partial charge in [0.25, 0.3) is 0 Å². The molecule has 4 heteroatoms. The molecule has 1 fully saturated rings. The summed E-state index contributed by atoms with van der Waals surface area (Å²) in [5.74, 6) is 1.32. The summed E-state index contributed by atoms with van der Waals surface area (Å²) in [6, 6.07) is 4.98. The van der Waals surface area contributed by atoms with Crippen molar-refractivity contribution >= 4 is 39.0 Å². The first-order chi connectivity index (χ1) is 7.64. The molecule has 1 aromatic heterocycles. The van der Waals surface area contributed by atoms with Crippen LogP contribution < -0.4 is 5.32 Å². The standard InChI is InChI=1S/C12H18BrNS2/c1-12(6-3-7-15-12)10(14-2)8-9-4-5-11(13)16-9/h4-5,10,14H,3,6-8H2,1-2H3. The average Bonchev–Trinajstić information content (AvgIpc) is 2.85. The second-order valence-electron chi connectivity index (χ2n) is 4.52. The molecule has 2 atom stereocenters. The number of rotatable bonds is 4. The molecular weight excluding hydrogens is 302 g/mol. The van der Waals surface area contributed by atoms with Gasteiger partial charge in [-0.05, 0) is 67.0 Å². The predicted octanol–water partition coefficient (Wildman–Crippen LogP) is 3.93. The Bertz CT molecular complexity index is 345. The SMILES string of the molecule is CNC(Cc1ccc(Br)s1)C1(C)CCCS1. The van der Waals surface area contributed by atoms with Crippen LogP contribution in [0.1, 0.15) is 24.6 Å². The van der Waals surface area contributed by atoms with Gasteiger partial charge in [0, 0.05) is 15.7 Å². The van der Waals surface area contributed by atoms with Crippen molar-refractivity contribution in [1.82, 2.24) is 5.32 Å². The zero-order chi connectivity index (χ0) is 11.6. The van der Waals surface area contributed by atoms with Crippen molar-refractivity contribution in [1.29, 1.82) is 0 Å². The number of hydrogen-bond acceptors (Lipinski definition) is 3. The van der Waals surface area contributed by atoms with E-state index in [4.69, 9.17) is 0 Å². The van der Waals surface area contributed by atoms with Crippen LogP contribution in [-0.2, 0) is 6.42 Å². The Morgan fingerprint density at radius 3 is 2.88 bits per heavy atom. The molecule has 90 valence electrons. The van der Waals surface area contributed by atoms with E-state index in [1.54, 1.807) is 0 Å². The minimum Gasteiger partial charge on any atom is -0.315 e. The predicted molar refractivity (Wildman–Crippen MR) is 78.7 cm³/mol. The van der Waals surface area contributed by atoms with Crippen molar-refractivity contribution in [3.63, 3.8) is 0 Å². The third-order valence-electron chi connectivity index (χ3n) is 3.37. The highest BCUT2D eigenvalue weighted by Crippen LogP contribution is 2.41. The van der Waals surface area contributed by atoms with E-state index in [0.717, 1.165) is 6.42 Å². The highest BCUT2D eigenvalue weighted by Gasteiger charge is 2.37. The van der Waals surface area contributed by atoms with Gasteiger partial charge in [-0.2, -0.15) is 11.8 Å². The van der Waals surface area contributed by atoms with Crippen molar-refractivity contribution in [2.75, 3.05) is 12.8 Å². The molecule has 0 saturated carbocycles. The van der Waals surface area contributed by atoms with E-state index in [1.807, 2.05) is 11.3 Å². The number of nitrogens with one attached hydrogen (secondary N) is 1. The molecular formula is C12H18BrNS2. The normalized spacial score (nSPS) is 27.2. The Hall–Kier alpha value is 0.490. The van der Waals surface area contributed by atoms with E-state index < -0.39 is 0 Å². The Kier molecular flexibility index (Phi) is 4.38. The number of thioether (sulfide) groups is 1. The topological polar surface area (TPSA) is 12.0 Å². The first-order valence-corrected chi connectivity index (χ1v) is 8.29. The fourth-order valence-corrected chi connectivity index (χ4v) is 5.34. The molecule has 1 aliphatic rings. The maximum Gasteiger partial charge on any atom is 0.0701 e. The molecule has 0 spiro atoms. The smallest absolute Gasteiger partial charge is 0.0701 e. The third-order valence-corrected chi connectivity index (χ3v) is 6.66. The molecule has 0 bridgehead atoms. The summed E-state index contributed by atoms with van der Waals surface area (Å²) >= 11 is 7.52. The lowest BCUT2D eigenvalue weighted by Crippen LogP contribution is -2.44. The van der Waals surface area contributed by atoms with Crippen molar-refractivity contribution in [3.05, 3.63) is 20.8 Å². The minimum atomic E-state index is 0.422. The molecule has 1 N–H and O–H groups in total. The molecule has 1 nitrogen and oxygen atoms in total. The summed E-state index contributed by atoms with van der Waals surface area (Å²) in [7, 11) is 2.09. The molecule has 0 aliphatic carbocycles. The zero-order valence-electron chi connectivity index (χ0n) is 9.75. The third kappa shape index (κ3) is 2.84. The van der Waals surface area contributed by atoms with Gasteiger partial charge in [0.1, 0.15) is 0 Å². The van der Waals surface area contributed by atoms with Gasteiger partial charge < -0.3 is 5.32 Å². The Labute approximate surface area is 115 Å². The summed E-state index contributed by atoms with van der Waals surface area (Å²) in [4.78, 5) is 1.47. The van der Waals surface area contributed by atoms with E-state index in [1.165, 1.54) is 27.3 Å². The zero-order valence-corrected chi connectivity index (χ0v) is 13.0. The second-order valence-corrected chi connectivity index (χ2v) is 8.69. The van der Waals surface area contributed by atoms with Crippen LogP contribution in [0.3, 0.4) is 0 Å². The number of thiophene rings is 1. The molecule has 0 aromatic carbocycles. The van der Waals surface area contributed by atoms with E-state index in [2.05, 4.69) is 59.1 Å². The van der Waals surface area contributed by atoms with E-state index in [0.29, 0.717) is 10.8 Å². The monoisotopic (exact) mass is 319 g/mol. The van der Waals surface area contributed by atoms with Crippen LogP contribution in [0.4, 0.5) is 0 Å². The molecule has 2 heterocycles. The molecule has 0 radical (unpaired) electrons. The lowest BCUT2D eigenvalue weighted by Gasteiger charge is -2.33. The maximum absolute atomic E-state index is 3.53. The van der Waals surface area contributed by atoms with Gasteiger partial charge in [-0.3, -0.25) is 0 Å². The Morgan fingerprint density at radius 2 is 2.38 bits per heavy atom. The summed E-state index contributed by atoms with van der Waals surface area (Å²) in [6.07, 6.45) is 3.86. The first-order valence-electron chi connectivity index (χ1n) is 5.69. The van der Waals surface area contributed by atoms with E-state index >= 15 is 0 Å². The van der Waals surface area contributed by atoms with Crippen LogP contribution in [-0.4, -0.2) is 23.6 Å². The van der Waals surface area contributed by atoms with Gasteiger partial charge in [0.2, 0.25) is 0 Å². The van der Waals surface area contributed by atoms with Crippen molar-refractivity contribution in [2.45, 2.75) is 37.0 Å². The van der Waals surface area contributed by atoms with Crippen molar-refractivity contribution < 1.29 is 0 Å². The van der Waals surface area contributed by atoms with Gasteiger partial charge in [0.15, 0.2) is 0 Å². The van der Waals surface area contributed by atoms with Crippen LogP contribution in [0, 0.1) is 0 Å². The van der Waals surface area contributed by atoms with Gasteiger partial charge >= 0.3 is 0 Å². The number of hydrogen-bond donors (Lipinski definition) is 1. The van der Waals surface area contributed by atoms with E-state index in [9.17, 15) is 0 Å². The summed E-state index contributed by atoms with van der Waals surface area (Å²) in [6.45, 7) is 2.41. The summed E-state index contributed by atoms with van der Waals surface area (Å²) < 4.78 is 1.66. The van der Waals surface area contributed by atoms with E-state index in [-0.39, 0.29) is 0 Å². The van der Waals surface area contributed by atoms with Crippen LogP contribution in [0.2, 0.25) is 0 Å². The lowest BCUT2D eigenvalue weighted by atomic mass is 9.93. The van der Waals surface area contributed by atoms with Gasteiger partial charge in [-0.25, -0.2) is 0 Å². The summed E-state index contributed by atoms with van der Waals surface area (Å²) in [5.41, 5.74) is 0. The lowest BCUT2D eigenvalue weighted by molar-refractivity contribution is 0.426. The van der Waals surface area contributed by atoms with Crippen LogP contribution in [0.15, 0.2) is 15.9 Å². The molecule has 16 heavy (non-hydrogen) atoms. The minimum absolute atomic E-state index is 0.422. The first kappa shape index (κ1) is 12.9. The second kappa shape index (κ2) is 5.42. The molecule has 1 aliphatic heterocycles. The molecule has 0 amide bonds. The fraction of sp³-hybridized carbons (Fsp3) is 0.667. The molecule has 2 rings (SSSR count). The fourth-order valence-electron chi connectivity index (χ4n) is 2.36. The summed E-state index contributed by atoms with van der Waals surface area (Å²) in [5, 5.41) is 3.51. The maximum atomic E-state index is 3.53. The highest BCUT2D eigenvalue weighted by atomic mass is 79.9. The highest BCUT2D eigenvalue weighted by molar-refractivity contribution is 9.11.